The van der Waals surface area contributed by atoms with Crippen molar-refractivity contribution in [3.63, 3.8) is 0 Å². The highest BCUT2D eigenvalue weighted by Crippen LogP contribution is 2.38. The second kappa shape index (κ2) is 10.9. The van der Waals surface area contributed by atoms with Crippen molar-refractivity contribution in [2.75, 3.05) is 32.2 Å². The monoisotopic (exact) mass is 475 g/mol. The fourth-order valence-electron chi connectivity index (χ4n) is 4.01. The minimum Gasteiger partial charge on any atom is -0.493 e. The predicted molar refractivity (Wildman–Crippen MR) is 133 cm³/mol. The number of nitrogens with zero attached hydrogens (tertiary/aromatic N) is 2. The lowest BCUT2D eigenvalue weighted by Crippen LogP contribution is -2.32. The third-order valence-electron chi connectivity index (χ3n) is 5.83. The molecule has 0 atom stereocenters. The molecule has 0 spiro atoms. The van der Waals surface area contributed by atoms with Crippen LogP contribution in [0.5, 0.6) is 23.1 Å². The highest BCUT2D eigenvalue weighted by Gasteiger charge is 2.28. The summed E-state index contributed by atoms with van der Waals surface area (Å²) in [5, 5.41) is 2.95. The maximum atomic E-state index is 13.3. The number of carbonyl (C=O) groups is 2. The van der Waals surface area contributed by atoms with Gasteiger partial charge in [0.05, 0.1) is 19.9 Å². The molecule has 1 aliphatic heterocycles. The zero-order chi connectivity index (χ0) is 24.8. The first-order chi connectivity index (χ1) is 17.0. The summed E-state index contributed by atoms with van der Waals surface area (Å²) in [7, 11) is 3.19. The number of rotatable bonds is 9. The Morgan fingerprint density at radius 2 is 1.91 bits per heavy atom. The maximum absolute atomic E-state index is 13.3. The Morgan fingerprint density at radius 3 is 2.71 bits per heavy atom. The Balaban J connectivity index is 1.35. The van der Waals surface area contributed by atoms with Gasteiger partial charge in [-0.1, -0.05) is 12.1 Å². The Kier molecular flexibility index (Phi) is 7.50. The van der Waals surface area contributed by atoms with Crippen LogP contribution in [0.3, 0.4) is 0 Å². The molecule has 1 aliphatic rings. The van der Waals surface area contributed by atoms with Crippen LogP contribution in [0, 0.1) is 6.92 Å². The number of hydrogen-bond acceptors (Lipinski definition) is 6. The fourth-order valence-corrected chi connectivity index (χ4v) is 4.01. The Morgan fingerprint density at radius 1 is 1.09 bits per heavy atom. The third-order valence-corrected chi connectivity index (χ3v) is 5.83. The topological polar surface area (TPSA) is 90.0 Å². The summed E-state index contributed by atoms with van der Waals surface area (Å²) < 4.78 is 16.5. The van der Waals surface area contributed by atoms with Gasteiger partial charge >= 0.3 is 0 Å². The lowest BCUT2D eigenvalue weighted by molar-refractivity contribution is -0.121. The first-order valence-electron chi connectivity index (χ1n) is 11.5. The van der Waals surface area contributed by atoms with E-state index in [-0.39, 0.29) is 17.7 Å². The van der Waals surface area contributed by atoms with Crippen LogP contribution in [0.15, 0.2) is 54.7 Å². The highest BCUT2D eigenvalue weighted by molar-refractivity contribution is 6.09. The summed E-state index contributed by atoms with van der Waals surface area (Å²) in [6.45, 7) is 2.85. The van der Waals surface area contributed by atoms with Crippen molar-refractivity contribution in [1.82, 2.24) is 10.3 Å². The van der Waals surface area contributed by atoms with Crippen molar-refractivity contribution < 1.29 is 23.8 Å². The SMILES string of the molecule is COc1ccc(CCNC(=O)CCCN2C(=O)c3cccnc3Oc3ccc(C)cc32)cc1OC. The molecule has 0 saturated carbocycles. The van der Waals surface area contributed by atoms with Crippen LogP contribution in [0.4, 0.5) is 5.69 Å². The predicted octanol–water partition coefficient (Wildman–Crippen LogP) is 4.30. The number of fused-ring (bicyclic) bond motifs is 2. The fraction of sp³-hybridized carbons (Fsp3) is 0.296. The number of pyridine rings is 1. The Hall–Kier alpha value is -4.07. The summed E-state index contributed by atoms with van der Waals surface area (Å²) >= 11 is 0. The normalized spacial score (nSPS) is 12.2. The van der Waals surface area contributed by atoms with Crippen LogP contribution in [-0.2, 0) is 11.2 Å². The van der Waals surface area contributed by atoms with E-state index >= 15 is 0 Å². The summed E-state index contributed by atoms with van der Waals surface area (Å²) in [5.41, 5.74) is 3.14. The van der Waals surface area contributed by atoms with E-state index in [4.69, 9.17) is 14.2 Å². The summed E-state index contributed by atoms with van der Waals surface area (Å²) in [4.78, 5) is 31.6. The molecule has 0 aliphatic carbocycles. The number of anilines is 1. The number of carbonyl (C=O) groups excluding carboxylic acids is 2. The van der Waals surface area contributed by atoms with Gasteiger partial charge in [-0.3, -0.25) is 9.59 Å². The van der Waals surface area contributed by atoms with Crippen LogP contribution >= 0.6 is 0 Å². The van der Waals surface area contributed by atoms with Gasteiger partial charge in [0.1, 0.15) is 5.56 Å². The maximum Gasteiger partial charge on any atom is 0.263 e. The van der Waals surface area contributed by atoms with E-state index in [2.05, 4.69) is 10.3 Å². The molecule has 0 radical (unpaired) electrons. The molecular formula is C27H29N3O5. The molecule has 0 saturated heterocycles. The van der Waals surface area contributed by atoms with Gasteiger partial charge in [0.2, 0.25) is 11.8 Å². The van der Waals surface area contributed by atoms with Gasteiger partial charge in [-0.25, -0.2) is 4.98 Å². The van der Waals surface area contributed by atoms with E-state index in [1.165, 1.54) is 0 Å². The molecule has 4 rings (SSSR count). The number of aryl methyl sites for hydroxylation is 1. The van der Waals surface area contributed by atoms with Crippen LogP contribution in [0.1, 0.15) is 34.3 Å². The van der Waals surface area contributed by atoms with Gasteiger partial charge in [0.15, 0.2) is 17.2 Å². The molecule has 2 amide bonds. The lowest BCUT2D eigenvalue weighted by Gasteiger charge is -2.22. The van der Waals surface area contributed by atoms with Crippen molar-refractivity contribution in [1.29, 1.82) is 0 Å². The molecular weight excluding hydrogens is 446 g/mol. The van der Waals surface area contributed by atoms with E-state index in [1.54, 1.807) is 37.4 Å². The number of benzene rings is 2. The average Bonchev–Trinajstić information content (AvgIpc) is 2.98. The van der Waals surface area contributed by atoms with Gasteiger partial charge < -0.3 is 24.4 Å². The van der Waals surface area contributed by atoms with Crippen LogP contribution in [0.25, 0.3) is 0 Å². The van der Waals surface area contributed by atoms with E-state index in [1.807, 2.05) is 43.3 Å². The molecule has 2 heterocycles. The van der Waals surface area contributed by atoms with Gasteiger partial charge in [-0.15, -0.1) is 0 Å². The van der Waals surface area contributed by atoms with E-state index in [9.17, 15) is 9.59 Å². The van der Waals surface area contributed by atoms with E-state index in [0.717, 1.165) is 11.1 Å². The number of hydrogen-bond donors (Lipinski definition) is 1. The molecule has 0 bridgehead atoms. The summed E-state index contributed by atoms with van der Waals surface area (Å²) in [6.07, 6.45) is 3.08. The highest BCUT2D eigenvalue weighted by atomic mass is 16.5. The van der Waals surface area contributed by atoms with Crippen molar-refractivity contribution in [3.05, 3.63) is 71.4 Å². The zero-order valence-corrected chi connectivity index (χ0v) is 20.2. The van der Waals surface area contributed by atoms with Gasteiger partial charge in [0, 0.05) is 25.7 Å². The summed E-state index contributed by atoms with van der Waals surface area (Å²) in [6, 6.07) is 14.8. The molecule has 8 heteroatoms. The Labute approximate surface area is 204 Å². The molecule has 2 aromatic carbocycles. The molecule has 0 unspecified atom stereocenters. The lowest BCUT2D eigenvalue weighted by atomic mass is 10.1. The van der Waals surface area contributed by atoms with Crippen molar-refractivity contribution in [2.45, 2.75) is 26.2 Å². The van der Waals surface area contributed by atoms with Crippen molar-refractivity contribution in [2.24, 2.45) is 0 Å². The molecule has 8 nitrogen and oxygen atoms in total. The van der Waals surface area contributed by atoms with E-state index < -0.39 is 0 Å². The van der Waals surface area contributed by atoms with Crippen LogP contribution in [0.2, 0.25) is 0 Å². The number of aromatic nitrogens is 1. The first kappa shape index (κ1) is 24.1. The quantitative estimate of drug-likeness (QED) is 0.496. The summed E-state index contributed by atoms with van der Waals surface area (Å²) in [5.74, 6) is 1.94. The van der Waals surface area contributed by atoms with Crippen molar-refractivity contribution >= 4 is 17.5 Å². The molecule has 1 N–H and O–H groups in total. The zero-order valence-electron chi connectivity index (χ0n) is 20.2. The number of amides is 2. The standard InChI is InChI=1S/C27H29N3O5/c1-18-8-10-22-21(16-18)30(27(32)20-6-4-13-29-26(20)35-22)15-5-7-25(31)28-14-12-19-9-11-23(33-2)24(17-19)34-3/h4,6,8-11,13,16-17H,5,7,12,14-15H2,1-3H3,(H,28,31). The largest absolute Gasteiger partial charge is 0.493 e. The van der Waals surface area contributed by atoms with Gasteiger partial charge in [0.25, 0.3) is 5.91 Å². The minimum atomic E-state index is -0.189. The molecule has 3 aromatic rings. The first-order valence-corrected chi connectivity index (χ1v) is 11.5. The third kappa shape index (κ3) is 5.54. The minimum absolute atomic E-state index is 0.0597. The molecule has 35 heavy (non-hydrogen) atoms. The van der Waals surface area contributed by atoms with Crippen molar-refractivity contribution in [3.8, 4) is 23.1 Å². The van der Waals surface area contributed by atoms with Gasteiger partial charge in [-0.2, -0.15) is 0 Å². The number of nitrogens with one attached hydrogen (secondary N) is 1. The van der Waals surface area contributed by atoms with E-state index in [0.29, 0.717) is 60.9 Å². The number of methoxy groups -OCH3 is 2. The smallest absolute Gasteiger partial charge is 0.263 e. The molecule has 1 aromatic heterocycles. The van der Waals surface area contributed by atoms with Gasteiger partial charge in [-0.05, 0) is 67.3 Å². The second-order valence-corrected chi connectivity index (χ2v) is 8.28. The van der Waals surface area contributed by atoms with Crippen LogP contribution < -0.4 is 24.4 Å². The molecule has 182 valence electrons. The molecule has 0 fully saturated rings. The average molecular weight is 476 g/mol. The number of ether oxygens (including phenoxy) is 3. The Bertz CT molecular complexity index is 1230. The van der Waals surface area contributed by atoms with Crippen LogP contribution in [-0.4, -0.2) is 44.1 Å². The second-order valence-electron chi connectivity index (χ2n) is 8.28.